The first-order valence-corrected chi connectivity index (χ1v) is 17.9. The number of allylic oxidation sites excluding steroid dienone is 1. The van der Waals surface area contributed by atoms with Crippen molar-refractivity contribution in [2.24, 2.45) is 0 Å². The van der Waals surface area contributed by atoms with Crippen molar-refractivity contribution in [1.82, 2.24) is 5.32 Å². The first kappa shape index (κ1) is 39.1. The minimum atomic E-state index is -0.830. The molecule has 4 heteroatoms. The van der Waals surface area contributed by atoms with Gasteiger partial charge in [0.15, 0.2) is 0 Å². The van der Waals surface area contributed by atoms with Crippen LogP contribution in [0.2, 0.25) is 0 Å². The fourth-order valence-electron chi connectivity index (χ4n) is 5.47. The summed E-state index contributed by atoms with van der Waals surface area (Å²) in [7, 11) is 0. The van der Waals surface area contributed by atoms with E-state index in [0.717, 1.165) is 25.7 Å². The summed E-state index contributed by atoms with van der Waals surface area (Å²) < 4.78 is 0. The van der Waals surface area contributed by atoms with Crippen LogP contribution in [0.25, 0.3) is 0 Å². The van der Waals surface area contributed by atoms with Crippen LogP contribution in [0.15, 0.2) is 12.2 Å². The topological polar surface area (TPSA) is 69.6 Å². The number of rotatable bonds is 32. The Morgan fingerprint density at radius 3 is 1.30 bits per heavy atom. The Bertz CT molecular complexity index is 536. The molecule has 0 saturated heterocycles. The Kier molecular flexibility index (Phi) is 31.9. The molecule has 0 radical (unpaired) electrons. The maximum Gasteiger partial charge on any atom is 0.220 e. The average molecular weight is 566 g/mol. The molecule has 1 amide bonds. The second-order valence-corrected chi connectivity index (χ2v) is 12.3. The van der Waals surface area contributed by atoms with Gasteiger partial charge in [0, 0.05) is 6.42 Å². The van der Waals surface area contributed by atoms with Gasteiger partial charge >= 0.3 is 0 Å². The molecule has 0 spiro atoms. The fourth-order valence-corrected chi connectivity index (χ4v) is 5.47. The zero-order valence-electron chi connectivity index (χ0n) is 27.1. The predicted octanol–water partition coefficient (Wildman–Crippen LogP) is 10.3. The molecule has 0 aliphatic carbocycles. The van der Waals surface area contributed by atoms with Gasteiger partial charge in [0.2, 0.25) is 5.91 Å². The molecule has 0 aromatic carbocycles. The summed E-state index contributed by atoms with van der Waals surface area (Å²) in [5.74, 6) is -0.0635. The molecule has 2 atom stereocenters. The molecule has 4 nitrogen and oxygen atoms in total. The average Bonchev–Trinajstić information content (AvgIpc) is 2.96. The number of aliphatic hydroxyl groups excluding tert-OH is 2. The summed E-state index contributed by atoms with van der Waals surface area (Å²) in [5.41, 5.74) is 0. The molecule has 0 fully saturated rings. The Hall–Kier alpha value is -0.870. The maximum atomic E-state index is 12.3. The number of carbonyl (C=O) groups excluding carboxylic acids is 1. The summed E-state index contributed by atoms with van der Waals surface area (Å²) in [5, 5.41) is 22.8. The van der Waals surface area contributed by atoms with E-state index in [0.29, 0.717) is 6.42 Å². The van der Waals surface area contributed by atoms with E-state index in [-0.39, 0.29) is 12.5 Å². The zero-order chi connectivity index (χ0) is 29.4. The van der Waals surface area contributed by atoms with Crippen molar-refractivity contribution in [3.8, 4) is 0 Å². The van der Waals surface area contributed by atoms with E-state index in [1.54, 1.807) is 6.08 Å². The highest BCUT2D eigenvalue weighted by Crippen LogP contribution is 2.15. The Balaban J connectivity index is 3.57. The zero-order valence-corrected chi connectivity index (χ0v) is 27.1. The van der Waals surface area contributed by atoms with Crippen LogP contribution in [-0.2, 0) is 4.79 Å². The minimum absolute atomic E-state index is 0.0635. The van der Waals surface area contributed by atoms with Gasteiger partial charge in [-0.25, -0.2) is 0 Å². The molecule has 2 unspecified atom stereocenters. The first-order valence-electron chi connectivity index (χ1n) is 17.9. The summed E-state index contributed by atoms with van der Waals surface area (Å²) >= 11 is 0. The van der Waals surface area contributed by atoms with Crippen molar-refractivity contribution in [2.45, 2.75) is 206 Å². The van der Waals surface area contributed by atoms with E-state index >= 15 is 0 Å². The van der Waals surface area contributed by atoms with Crippen LogP contribution < -0.4 is 5.32 Å². The van der Waals surface area contributed by atoms with Crippen LogP contribution in [0.1, 0.15) is 194 Å². The maximum absolute atomic E-state index is 12.3. The van der Waals surface area contributed by atoms with Crippen molar-refractivity contribution in [3.63, 3.8) is 0 Å². The number of hydrogen-bond donors (Lipinski definition) is 3. The number of aliphatic hydroxyl groups is 2. The number of hydrogen-bond acceptors (Lipinski definition) is 3. The second kappa shape index (κ2) is 32.6. The molecule has 3 N–H and O–H groups in total. The van der Waals surface area contributed by atoms with Crippen molar-refractivity contribution in [3.05, 3.63) is 12.2 Å². The summed E-state index contributed by atoms with van der Waals surface area (Å²) in [4.78, 5) is 12.3. The summed E-state index contributed by atoms with van der Waals surface area (Å²) in [6.07, 6.45) is 38.6. The van der Waals surface area contributed by atoms with Crippen molar-refractivity contribution < 1.29 is 15.0 Å². The highest BCUT2D eigenvalue weighted by molar-refractivity contribution is 5.76. The van der Waals surface area contributed by atoms with Crippen LogP contribution in [-0.4, -0.2) is 34.9 Å². The van der Waals surface area contributed by atoms with Gasteiger partial charge in [0.05, 0.1) is 18.8 Å². The van der Waals surface area contributed by atoms with Gasteiger partial charge in [-0.15, -0.1) is 0 Å². The van der Waals surface area contributed by atoms with Gasteiger partial charge in [-0.1, -0.05) is 180 Å². The van der Waals surface area contributed by atoms with Gasteiger partial charge < -0.3 is 15.5 Å². The fraction of sp³-hybridized carbons (Fsp3) is 0.917. The van der Waals surface area contributed by atoms with Gasteiger partial charge in [-0.2, -0.15) is 0 Å². The van der Waals surface area contributed by atoms with Crippen LogP contribution in [0.3, 0.4) is 0 Å². The molecule has 0 aromatic rings. The highest BCUT2D eigenvalue weighted by Gasteiger charge is 2.17. The second-order valence-electron chi connectivity index (χ2n) is 12.3. The molecule has 0 aromatic heterocycles. The smallest absolute Gasteiger partial charge is 0.220 e. The third-order valence-corrected chi connectivity index (χ3v) is 8.27. The predicted molar refractivity (Wildman–Crippen MR) is 175 cm³/mol. The van der Waals surface area contributed by atoms with Gasteiger partial charge in [0.25, 0.3) is 0 Å². The van der Waals surface area contributed by atoms with E-state index in [4.69, 9.17) is 0 Å². The minimum Gasteiger partial charge on any atom is -0.394 e. The molecule has 0 rings (SSSR count). The lowest BCUT2D eigenvalue weighted by Gasteiger charge is -2.20. The highest BCUT2D eigenvalue weighted by atomic mass is 16.3. The van der Waals surface area contributed by atoms with Crippen LogP contribution in [0.5, 0.6) is 0 Å². The van der Waals surface area contributed by atoms with Crippen LogP contribution >= 0.6 is 0 Å². The Morgan fingerprint density at radius 2 is 0.925 bits per heavy atom. The lowest BCUT2D eigenvalue weighted by Crippen LogP contribution is -2.45. The third-order valence-electron chi connectivity index (χ3n) is 8.27. The third kappa shape index (κ3) is 28.7. The molecule has 0 heterocycles. The van der Waals surface area contributed by atoms with E-state index in [9.17, 15) is 15.0 Å². The van der Waals surface area contributed by atoms with E-state index in [1.165, 1.54) is 148 Å². The monoisotopic (exact) mass is 566 g/mol. The van der Waals surface area contributed by atoms with Crippen molar-refractivity contribution >= 4 is 5.91 Å². The standard InChI is InChI=1S/C36H71NO3/c1-3-5-7-9-11-13-15-16-17-18-19-20-22-24-26-28-30-32-36(40)37-34(33-38)35(39)31-29-27-25-23-21-14-12-10-8-6-4-2/h29,31,34-35,38-39H,3-28,30,32-33H2,1-2H3,(H,37,40)/b31-29+. The number of carbonyl (C=O) groups is 1. The largest absolute Gasteiger partial charge is 0.394 e. The van der Waals surface area contributed by atoms with Crippen molar-refractivity contribution in [1.29, 1.82) is 0 Å². The number of nitrogens with one attached hydrogen (secondary N) is 1. The van der Waals surface area contributed by atoms with Crippen LogP contribution in [0.4, 0.5) is 0 Å². The molecule has 0 saturated carbocycles. The van der Waals surface area contributed by atoms with Gasteiger partial charge in [-0.3, -0.25) is 4.79 Å². The van der Waals surface area contributed by atoms with E-state index in [2.05, 4.69) is 19.2 Å². The quantitative estimate of drug-likeness (QED) is 0.0561. The lowest BCUT2D eigenvalue weighted by molar-refractivity contribution is -0.123. The first-order chi connectivity index (χ1) is 19.7. The molecule has 0 bridgehead atoms. The van der Waals surface area contributed by atoms with E-state index in [1.807, 2.05) is 6.08 Å². The number of unbranched alkanes of at least 4 members (excludes halogenated alkanes) is 25. The molecule has 0 aliphatic heterocycles. The molecule has 238 valence electrons. The SMILES string of the molecule is CCCCCCCCCCC/C=C/C(O)C(CO)NC(=O)CCCCCCCCCCCCCCCCCCC. The van der Waals surface area contributed by atoms with Crippen molar-refractivity contribution in [2.75, 3.05) is 6.61 Å². The molecular weight excluding hydrogens is 494 g/mol. The van der Waals surface area contributed by atoms with Gasteiger partial charge in [-0.05, 0) is 19.3 Å². The van der Waals surface area contributed by atoms with Crippen LogP contribution in [0, 0.1) is 0 Å². The molecule has 40 heavy (non-hydrogen) atoms. The normalized spacial score (nSPS) is 13.2. The Morgan fingerprint density at radius 1 is 0.575 bits per heavy atom. The Labute approximate surface area is 250 Å². The lowest BCUT2D eigenvalue weighted by atomic mass is 10.0. The molecule has 0 aliphatic rings. The molecular formula is C36H71NO3. The van der Waals surface area contributed by atoms with E-state index < -0.39 is 12.1 Å². The summed E-state index contributed by atoms with van der Waals surface area (Å²) in [6.45, 7) is 4.29. The summed E-state index contributed by atoms with van der Waals surface area (Å²) in [6, 6.07) is -0.613. The van der Waals surface area contributed by atoms with Gasteiger partial charge in [0.1, 0.15) is 0 Å². The number of amides is 1.